The average Bonchev–Trinajstić information content (AvgIpc) is 2.27. The molecule has 0 bridgehead atoms. The normalized spacial score (nSPS) is 12.4. The Hall–Kier alpha value is -2.03. The quantitative estimate of drug-likeness (QED) is 0.400. The largest absolute Gasteiger partial charge is 0.519 e. The molecule has 0 spiro atoms. The van der Waals surface area contributed by atoms with Crippen LogP contribution in [0.15, 0.2) is 61.1 Å². The van der Waals surface area contributed by atoms with Gasteiger partial charge in [0, 0.05) is 0 Å². The first-order chi connectivity index (χ1) is 7.67. The van der Waals surface area contributed by atoms with Gasteiger partial charge in [-0.1, -0.05) is 25.3 Å². The maximum Gasteiger partial charge on any atom is 0.519 e. The van der Waals surface area contributed by atoms with Crippen molar-refractivity contribution in [1.82, 2.24) is 0 Å². The van der Waals surface area contributed by atoms with Gasteiger partial charge in [-0.3, -0.25) is 0 Å². The van der Waals surface area contributed by atoms with Crippen molar-refractivity contribution in [3.05, 3.63) is 61.1 Å². The fourth-order valence-corrected chi connectivity index (χ4v) is 0.827. The topological polar surface area (TPSA) is 35.5 Å². The molecular formula is C13H16O3. The first kappa shape index (κ1) is 14.0. The number of carbonyl (C=O) groups excluding carboxylic acids is 1. The first-order valence-corrected chi connectivity index (χ1v) is 4.81. The molecule has 0 aromatic rings. The molecular weight excluding hydrogens is 204 g/mol. The van der Waals surface area contributed by atoms with Gasteiger partial charge in [0.25, 0.3) is 0 Å². The summed E-state index contributed by atoms with van der Waals surface area (Å²) in [6, 6.07) is 0. The van der Waals surface area contributed by atoms with Crippen LogP contribution in [-0.2, 0) is 9.47 Å². The summed E-state index contributed by atoms with van der Waals surface area (Å²) >= 11 is 0. The second-order valence-corrected chi connectivity index (χ2v) is 2.65. The zero-order valence-electron chi connectivity index (χ0n) is 9.60. The Balaban J connectivity index is 4.43. The molecule has 0 atom stereocenters. The SMILES string of the molecule is C=C/C=C(\C=C)OC(=O)OC(/C=C\C)=C/C. The lowest BCUT2D eigenvalue weighted by Crippen LogP contribution is -2.05. The van der Waals surface area contributed by atoms with E-state index in [0.717, 1.165) is 0 Å². The van der Waals surface area contributed by atoms with Crippen molar-refractivity contribution in [1.29, 1.82) is 0 Å². The molecule has 0 saturated heterocycles. The van der Waals surface area contributed by atoms with E-state index in [0.29, 0.717) is 5.76 Å². The second-order valence-electron chi connectivity index (χ2n) is 2.65. The minimum absolute atomic E-state index is 0.288. The lowest BCUT2D eigenvalue weighted by atomic mass is 10.4. The van der Waals surface area contributed by atoms with Crippen LogP contribution in [0.3, 0.4) is 0 Å². The lowest BCUT2D eigenvalue weighted by molar-refractivity contribution is 0.108. The molecule has 0 amide bonds. The van der Waals surface area contributed by atoms with Crippen LogP contribution in [0.1, 0.15) is 13.8 Å². The van der Waals surface area contributed by atoms with Gasteiger partial charge in [-0.2, -0.15) is 0 Å². The summed E-state index contributed by atoms with van der Waals surface area (Å²) in [5, 5.41) is 0. The van der Waals surface area contributed by atoms with Gasteiger partial charge < -0.3 is 9.47 Å². The number of ether oxygens (including phenoxy) is 2. The number of carbonyl (C=O) groups is 1. The number of allylic oxidation sites excluding steroid dienone is 6. The third kappa shape index (κ3) is 5.65. The van der Waals surface area contributed by atoms with E-state index in [4.69, 9.17) is 9.47 Å². The summed E-state index contributed by atoms with van der Waals surface area (Å²) in [6.45, 7) is 10.6. The van der Waals surface area contributed by atoms with Crippen LogP contribution in [-0.4, -0.2) is 6.16 Å². The van der Waals surface area contributed by atoms with E-state index in [1.807, 2.05) is 6.92 Å². The van der Waals surface area contributed by atoms with E-state index in [1.165, 1.54) is 18.2 Å². The van der Waals surface area contributed by atoms with Crippen molar-refractivity contribution in [2.75, 3.05) is 0 Å². The van der Waals surface area contributed by atoms with Crippen molar-refractivity contribution < 1.29 is 14.3 Å². The number of rotatable bonds is 5. The predicted molar refractivity (Wildman–Crippen MR) is 64.6 cm³/mol. The molecule has 0 aromatic carbocycles. The molecule has 86 valence electrons. The lowest BCUT2D eigenvalue weighted by Gasteiger charge is -2.05. The summed E-state index contributed by atoms with van der Waals surface area (Å²) in [4.78, 5) is 11.3. The maximum absolute atomic E-state index is 11.3. The maximum atomic E-state index is 11.3. The summed E-state index contributed by atoms with van der Waals surface area (Å²) in [5.74, 6) is 0.713. The van der Waals surface area contributed by atoms with Gasteiger partial charge in [-0.05, 0) is 38.2 Å². The molecule has 0 aliphatic heterocycles. The average molecular weight is 220 g/mol. The smallest absolute Gasteiger partial charge is 0.395 e. The molecule has 0 aliphatic carbocycles. The van der Waals surface area contributed by atoms with Gasteiger partial charge in [0.1, 0.15) is 11.5 Å². The van der Waals surface area contributed by atoms with Crippen LogP contribution >= 0.6 is 0 Å². The Morgan fingerprint density at radius 2 is 1.75 bits per heavy atom. The van der Waals surface area contributed by atoms with E-state index in [-0.39, 0.29) is 5.76 Å². The van der Waals surface area contributed by atoms with Gasteiger partial charge in [0.2, 0.25) is 0 Å². The molecule has 3 nitrogen and oxygen atoms in total. The van der Waals surface area contributed by atoms with E-state index in [2.05, 4.69) is 13.2 Å². The number of hydrogen-bond donors (Lipinski definition) is 0. The third-order valence-electron chi connectivity index (χ3n) is 1.50. The van der Waals surface area contributed by atoms with Crippen molar-refractivity contribution in [3.63, 3.8) is 0 Å². The third-order valence-corrected chi connectivity index (χ3v) is 1.50. The second kappa shape index (κ2) is 8.29. The summed E-state index contributed by atoms with van der Waals surface area (Å²) < 4.78 is 9.76. The van der Waals surface area contributed by atoms with Gasteiger partial charge in [0.15, 0.2) is 0 Å². The molecule has 0 radical (unpaired) electrons. The summed E-state index contributed by atoms with van der Waals surface area (Å²) in [7, 11) is 0. The Bertz CT molecular complexity index is 346. The standard InChI is InChI=1S/C13H16O3/c1-5-9-11(7-3)15-13(14)16-12(8-4)10-6-2/h5-10H,1,3H2,2,4H3/b10-6-,11-9+,12-8+. The van der Waals surface area contributed by atoms with Gasteiger partial charge >= 0.3 is 6.16 Å². The van der Waals surface area contributed by atoms with Crippen LogP contribution < -0.4 is 0 Å². The molecule has 0 fully saturated rings. The molecule has 0 saturated carbocycles. The minimum atomic E-state index is -0.806. The molecule has 0 heterocycles. The number of hydrogen-bond acceptors (Lipinski definition) is 3. The van der Waals surface area contributed by atoms with E-state index in [9.17, 15) is 4.79 Å². The van der Waals surface area contributed by atoms with Crippen LogP contribution in [0, 0.1) is 0 Å². The zero-order valence-corrected chi connectivity index (χ0v) is 9.60. The zero-order chi connectivity index (χ0) is 12.4. The first-order valence-electron chi connectivity index (χ1n) is 4.81. The van der Waals surface area contributed by atoms with E-state index < -0.39 is 6.16 Å². The fraction of sp³-hybridized carbons (Fsp3) is 0.154. The van der Waals surface area contributed by atoms with Crippen LogP contribution in [0.5, 0.6) is 0 Å². The Labute approximate surface area is 96.1 Å². The fourth-order valence-electron chi connectivity index (χ4n) is 0.827. The highest BCUT2D eigenvalue weighted by Crippen LogP contribution is 2.06. The molecule has 0 aliphatic rings. The Morgan fingerprint density at radius 1 is 1.12 bits per heavy atom. The highest BCUT2D eigenvalue weighted by Gasteiger charge is 2.07. The molecule has 0 unspecified atom stereocenters. The van der Waals surface area contributed by atoms with Crippen molar-refractivity contribution in [2.24, 2.45) is 0 Å². The van der Waals surface area contributed by atoms with Crippen molar-refractivity contribution >= 4 is 6.16 Å². The van der Waals surface area contributed by atoms with Crippen molar-refractivity contribution in [2.45, 2.75) is 13.8 Å². The predicted octanol–water partition coefficient (Wildman–Crippen LogP) is 3.88. The molecule has 0 aromatic heterocycles. The summed E-state index contributed by atoms with van der Waals surface area (Å²) in [5.41, 5.74) is 0. The van der Waals surface area contributed by atoms with Crippen LogP contribution in [0.25, 0.3) is 0 Å². The molecule has 0 rings (SSSR count). The highest BCUT2D eigenvalue weighted by molar-refractivity contribution is 5.64. The van der Waals surface area contributed by atoms with Crippen LogP contribution in [0.2, 0.25) is 0 Å². The van der Waals surface area contributed by atoms with Crippen LogP contribution in [0.4, 0.5) is 4.79 Å². The Kier molecular flexibility index (Phi) is 7.24. The van der Waals surface area contributed by atoms with Gasteiger partial charge in [0.05, 0.1) is 0 Å². The molecule has 16 heavy (non-hydrogen) atoms. The molecule has 3 heteroatoms. The van der Waals surface area contributed by atoms with E-state index in [1.54, 1.807) is 25.2 Å². The van der Waals surface area contributed by atoms with Gasteiger partial charge in [-0.25, -0.2) is 4.79 Å². The van der Waals surface area contributed by atoms with E-state index >= 15 is 0 Å². The minimum Gasteiger partial charge on any atom is -0.395 e. The Morgan fingerprint density at radius 3 is 2.19 bits per heavy atom. The highest BCUT2D eigenvalue weighted by atomic mass is 16.7. The van der Waals surface area contributed by atoms with Gasteiger partial charge in [-0.15, -0.1) is 0 Å². The van der Waals surface area contributed by atoms with Crippen molar-refractivity contribution in [3.8, 4) is 0 Å². The summed E-state index contributed by atoms with van der Waals surface area (Å²) in [6.07, 6.45) is 8.67. The molecule has 0 N–H and O–H groups in total. The monoisotopic (exact) mass is 220 g/mol.